The van der Waals surface area contributed by atoms with Crippen molar-refractivity contribution >= 4 is 44.0 Å². The molecule has 29 heavy (non-hydrogen) atoms. The Kier molecular flexibility index (Phi) is 5.46. The molecule has 1 saturated heterocycles. The van der Waals surface area contributed by atoms with Gasteiger partial charge in [0.25, 0.3) is 0 Å². The zero-order chi connectivity index (χ0) is 20.6. The summed E-state index contributed by atoms with van der Waals surface area (Å²) in [5.74, 6) is 0.630. The molecule has 2 aromatic carbocycles. The third-order valence-electron chi connectivity index (χ3n) is 5.23. The molecule has 1 aliphatic heterocycles. The topological polar surface area (TPSA) is 62.3 Å². The highest BCUT2D eigenvalue weighted by Crippen LogP contribution is 2.27. The van der Waals surface area contributed by atoms with Crippen molar-refractivity contribution in [2.75, 3.05) is 18.4 Å². The number of pyridine rings is 1. The van der Waals surface area contributed by atoms with E-state index in [1.165, 1.54) is 12.1 Å². The lowest BCUT2D eigenvalue weighted by Crippen LogP contribution is -2.37. The Morgan fingerprint density at radius 3 is 2.59 bits per heavy atom. The predicted molar refractivity (Wildman–Crippen MR) is 114 cm³/mol. The van der Waals surface area contributed by atoms with Gasteiger partial charge >= 0.3 is 0 Å². The molecular formula is C21H21ClFN3O2S. The van der Waals surface area contributed by atoms with Crippen LogP contribution in [0.4, 0.5) is 15.9 Å². The molecule has 152 valence electrons. The summed E-state index contributed by atoms with van der Waals surface area (Å²) in [5, 5.41) is 3.84. The normalized spacial score (nSPS) is 16.2. The van der Waals surface area contributed by atoms with Crippen molar-refractivity contribution in [1.82, 2.24) is 9.29 Å². The first kappa shape index (κ1) is 20.1. The summed E-state index contributed by atoms with van der Waals surface area (Å²) in [6, 6.07) is 12.9. The van der Waals surface area contributed by atoms with Gasteiger partial charge in [0.2, 0.25) is 10.0 Å². The van der Waals surface area contributed by atoms with Crippen LogP contribution in [0.1, 0.15) is 19.8 Å². The smallest absolute Gasteiger partial charge is 0.243 e. The van der Waals surface area contributed by atoms with Crippen LogP contribution < -0.4 is 5.32 Å². The molecule has 5 nitrogen and oxygen atoms in total. The standard InChI is InChI=1S/C21H21ClFN3O2S/c1-14-8-10-26(11-9-14)29(27,28)17-4-6-20-15(12-17)2-7-21(25-20)24-16-3-5-19(23)18(22)13-16/h2-7,12-14H,8-11H2,1H3,(H,24,25). The van der Waals surface area contributed by atoms with E-state index < -0.39 is 15.8 Å². The minimum atomic E-state index is -3.50. The number of sulfonamides is 1. The first-order valence-corrected chi connectivity index (χ1v) is 11.3. The summed E-state index contributed by atoms with van der Waals surface area (Å²) < 4.78 is 40.8. The maximum Gasteiger partial charge on any atom is 0.243 e. The van der Waals surface area contributed by atoms with Crippen LogP contribution in [0.15, 0.2) is 53.4 Å². The minimum Gasteiger partial charge on any atom is -0.340 e. The van der Waals surface area contributed by atoms with Crippen LogP contribution in [0.25, 0.3) is 10.9 Å². The molecule has 0 unspecified atom stereocenters. The lowest BCUT2D eigenvalue weighted by atomic mass is 10.0. The third kappa shape index (κ3) is 4.22. The van der Waals surface area contributed by atoms with Crippen LogP contribution in [-0.2, 0) is 10.0 Å². The zero-order valence-corrected chi connectivity index (χ0v) is 17.5. The van der Waals surface area contributed by atoms with Crippen LogP contribution in [-0.4, -0.2) is 30.8 Å². The fourth-order valence-electron chi connectivity index (χ4n) is 3.43. The van der Waals surface area contributed by atoms with E-state index in [1.807, 2.05) is 6.07 Å². The van der Waals surface area contributed by atoms with Crippen LogP contribution in [0.5, 0.6) is 0 Å². The van der Waals surface area contributed by atoms with Gasteiger partial charge in [-0.15, -0.1) is 0 Å². The predicted octanol–water partition coefficient (Wildman–Crippen LogP) is 5.19. The molecule has 2 heterocycles. The van der Waals surface area contributed by atoms with Gasteiger partial charge in [-0.05, 0) is 67.3 Å². The van der Waals surface area contributed by atoms with Gasteiger partial charge in [-0.2, -0.15) is 4.31 Å². The lowest BCUT2D eigenvalue weighted by Gasteiger charge is -2.29. The molecule has 0 atom stereocenters. The van der Waals surface area contributed by atoms with E-state index in [-0.39, 0.29) is 9.92 Å². The van der Waals surface area contributed by atoms with Crippen molar-refractivity contribution in [1.29, 1.82) is 0 Å². The molecular weight excluding hydrogens is 413 g/mol. The van der Waals surface area contributed by atoms with E-state index in [1.54, 1.807) is 34.6 Å². The number of rotatable bonds is 4. The number of fused-ring (bicyclic) bond motifs is 1. The number of nitrogens with one attached hydrogen (secondary N) is 1. The zero-order valence-electron chi connectivity index (χ0n) is 15.9. The Bertz CT molecular complexity index is 1160. The van der Waals surface area contributed by atoms with Gasteiger partial charge < -0.3 is 5.32 Å². The van der Waals surface area contributed by atoms with Crippen molar-refractivity contribution in [3.63, 3.8) is 0 Å². The molecule has 0 aliphatic carbocycles. The van der Waals surface area contributed by atoms with Gasteiger partial charge in [0.05, 0.1) is 15.4 Å². The molecule has 8 heteroatoms. The summed E-state index contributed by atoms with van der Waals surface area (Å²) in [6.45, 7) is 3.27. The maximum absolute atomic E-state index is 13.3. The van der Waals surface area contributed by atoms with Crippen LogP contribution in [0.2, 0.25) is 5.02 Å². The molecule has 1 N–H and O–H groups in total. The number of nitrogens with zero attached hydrogens (tertiary/aromatic N) is 2. The molecule has 3 aromatic rings. The molecule has 0 spiro atoms. The second kappa shape index (κ2) is 7.89. The molecule has 4 rings (SSSR count). The highest BCUT2D eigenvalue weighted by Gasteiger charge is 2.28. The van der Waals surface area contributed by atoms with Crippen molar-refractivity contribution in [2.24, 2.45) is 5.92 Å². The second-order valence-electron chi connectivity index (χ2n) is 7.39. The molecule has 0 bridgehead atoms. The molecule has 1 fully saturated rings. The molecule has 0 amide bonds. The summed E-state index contributed by atoms with van der Waals surface area (Å²) in [7, 11) is -3.50. The van der Waals surface area contributed by atoms with Gasteiger partial charge in [0.1, 0.15) is 11.6 Å². The summed E-state index contributed by atoms with van der Waals surface area (Å²) in [4.78, 5) is 4.80. The number of halogens is 2. The van der Waals surface area contributed by atoms with Gasteiger partial charge in [-0.3, -0.25) is 0 Å². The molecule has 1 aromatic heterocycles. The Morgan fingerprint density at radius 2 is 1.86 bits per heavy atom. The first-order valence-electron chi connectivity index (χ1n) is 9.46. The van der Waals surface area contributed by atoms with Crippen molar-refractivity contribution in [3.8, 4) is 0 Å². The fourth-order valence-corrected chi connectivity index (χ4v) is 5.12. The first-order chi connectivity index (χ1) is 13.8. The number of aromatic nitrogens is 1. The van der Waals surface area contributed by atoms with E-state index in [0.29, 0.717) is 36.0 Å². The van der Waals surface area contributed by atoms with Crippen LogP contribution in [0, 0.1) is 11.7 Å². The Balaban J connectivity index is 1.59. The SMILES string of the molecule is CC1CCN(S(=O)(=O)c2ccc3nc(Nc4ccc(F)c(Cl)c4)ccc3c2)CC1. The largest absolute Gasteiger partial charge is 0.340 e. The highest BCUT2D eigenvalue weighted by atomic mass is 35.5. The average molecular weight is 434 g/mol. The van der Waals surface area contributed by atoms with Crippen molar-refractivity contribution in [3.05, 3.63) is 59.4 Å². The fraction of sp³-hybridized carbons (Fsp3) is 0.286. The number of hydrogen-bond acceptors (Lipinski definition) is 4. The molecule has 0 saturated carbocycles. The quantitative estimate of drug-likeness (QED) is 0.614. The molecule has 1 aliphatic rings. The summed E-state index contributed by atoms with van der Waals surface area (Å²) in [5.41, 5.74) is 1.27. The average Bonchev–Trinajstić information content (AvgIpc) is 2.70. The second-order valence-corrected chi connectivity index (χ2v) is 9.74. The van der Waals surface area contributed by atoms with E-state index in [2.05, 4.69) is 17.2 Å². The van der Waals surface area contributed by atoms with Crippen LogP contribution >= 0.6 is 11.6 Å². The summed E-state index contributed by atoms with van der Waals surface area (Å²) >= 11 is 5.81. The van der Waals surface area contributed by atoms with E-state index in [0.717, 1.165) is 18.2 Å². The van der Waals surface area contributed by atoms with Crippen molar-refractivity contribution < 1.29 is 12.8 Å². The number of piperidine rings is 1. The van der Waals surface area contributed by atoms with Gasteiger partial charge in [0, 0.05) is 24.2 Å². The monoisotopic (exact) mass is 433 g/mol. The van der Waals surface area contributed by atoms with E-state index in [9.17, 15) is 12.8 Å². The van der Waals surface area contributed by atoms with Crippen LogP contribution in [0.3, 0.4) is 0 Å². The van der Waals surface area contributed by atoms with Gasteiger partial charge in [-0.25, -0.2) is 17.8 Å². The Hall–Kier alpha value is -2.22. The Morgan fingerprint density at radius 1 is 1.10 bits per heavy atom. The number of hydrogen-bond donors (Lipinski definition) is 1. The number of anilines is 2. The third-order valence-corrected chi connectivity index (χ3v) is 7.42. The van der Waals surface area contributed by atoms with Gasteiger partial charge in [0.15, 0.2) is 0 Å². The summed E-state index contributed by atoms with van der Waals surface area (Å²) in [6.07, 6.45) is 1.77. The molecule has 0 radical (unpaired) electrons. The number of benzene rings is 2. The Labute approximate surface area is 174 Å². The van der Waals surface area contributed by atoms with Gasteiger partial charge in [-0.1, -0.05) is 18.5 Å². The minimum absolute atomic E-state index is 0.0257. The van der Waals surface area contributed by atoms with E-state index in [4.69, 9.17) is 11.6 Å². The lowest BCUT2D eigenvalue weighted by molar-refractivity contribution is 0.288. The highest BCUT2D eigenvalue weighted by molar-refractivity contribution is 7.89. The van der Waals surface area contributed by atoms with E-state index >= 15 is 0 Å². The maximum atomic E-state index is 13.3. The van der Waals surface area contributed by atoms with Crippen molar-refractivity contribution in [2.45, 2.75) is 24.7 Å².